The number of carbonyl (C=O) groups is 4. The Morgan fingerprint density at radius 2 is 1.36 bits per heavy atom. The molecule has 384 valence electrons. The fourth-order valence-electron chi connectivity index (χ4n) is 9.68. The zero-order valence-corrected chi connectivity index (χ0v) is 42.4. The first-order valence-corrected chi connectivity index (χ1v) is 26.1. The number of H-pyrrole nitrogens is 1. The molecule has 7 heterocycles. The largest absolute Gasteiger partial charge is 0.449 e. The number of imidazole rings is 1. The molecule has 0 aliphatic carbocycles. The highest BCUT2D eigenvalue weighted by molar-refractivity contribution is 7.90. The fraction of sp³-hybridized carbons (Fsp3) is 0.333. The normalized spacial score (nSPS) is 17.6. The van der Waals surface area contributed by atoms with Gasteiger partial charge in [0.1, 0.15) is 18.7 Å². The van der Waals surface area contributed by atoms with E-state index in [1.807, 2.05) is 97.9 Å². The van der Waals surface area contributed by atoms with Crippen LogP contribution in [0.15, 0.2) is 133 Å². The van der Waals surface area contributed by atoms with Gasteiger partial charge in [-0.25, -0.2) is 46.7 Å². The molecule has 1 unspecified atom stereocenters. The number of rotatable bonds is 14. The number of benzene rings is 3. The van der Waals surface area contributed by atoms with Gasteiger partial charge in [-0.15, -0.1) is 0 Å². The van der Waals surface area contributed by atoms with Gasteiger partial charge in [-0.3, -0.25) is 14.1 Å². The predicted molar refractivity (Wildman–Crippen MR) is 276 cm³/mol. The van der Waals surface area contributed by atoms with Gasteiger partial charge in [0.15, 0.2) is 28.5 Å². The quantitative estimate of drug-likeness (QED) is 0.101. The lowest BCUT2D eigenvalue weighted by atomic mass is 9.90. The Labute approximate surface area is 428 Å². The van der Waals surface area contributed by atoms with Crippen molar-refractivity contribution in [1.29, 1.82) is 0 Å². The Hall–Kier alpha value is -8.13. The van der Waals surface area contributed by atoms with Crippen LogP contribution < -0.4 is 4.90 Å². The van der Waals surface area contributed by atoms with Crippen molar-refractivity contribution in [1.82, 2.24) is 43.1 Å². The second-order valence-electron chi connectivity index (χ2n) is 18.4. The van der Waals surface area contributed by atoms with E-state index in [9.17, 15) is 27.6 Å². The molecule has 8 aromatic rings. The molecule has 3 aromatic carbocycles. The third kappa shape index (κ3) is 10.8. The first kappa shape index (κ1) is 50.8. The third-order valence-electron chi connectivity index (χ3n) is 13.7. The van der Waals surface area contributed by atoms with E-state index in [0.717, 1.165) is 54.5 Å². The van der Waals surface area contributed by atoms with Gasteiger partial charge in [0, 0.05) is 62.3 Å². The zero-order valence-electron chi connectivity index (χ0n) is 41.6. The molecular formula is C54H58N10O9S. The first-order valence-electron chi connectivity index (χ1n) is 24.7. The number of carbonyl (C=O) groups excluding carboxylic acids is 4. The van der Waals surface area contributed by atoms with E-state index in [4.69, 9.17) is 14.2 Å². The third-order valence-corrected chi connectivity index (χ3v) is 15.4. The van der Waals surface area contributed by atoms with Crippen LogP contribution in [-0.2, 0) is 42.2 Å². The molecule has 0 bridgehead atoms. The molecule has 74 heavy (non-hydrogen) atoms. The SMILES string of the molecule is CCOC(=O)N(CC(=O)[C@H]1CN(C(=O)OCc2ccccc2)C[C@H]1CC)c1cnc2c(ccn2S(=O)(=O)c2ccc(C)cc2)n1.CC[C@@H]1CN(C(=O)OCc2ccccc2)CC1c1cnc2cnc3[nH]ccc3n12. The maximum atomic E-state index is 13.7. The molecule has 5 aromatic heterocycles. The number of hydrogen-bond donors (Lipinski definition) is 1. The number of aryl methyl sites for hydroxylation is 1. The minimum Gasteiger partial charge on any atom is -0.449 e. The number of ether oxygens (including phenoxy) is 3. The highest BCUT2D eigenvalue weighted by Gasteiger charge is 2.41. The van der Waals surface area contributed by atoms with E-state index >= 15 is 0 Å². The number of Topliss-reactive ketones (excluding diaryl/α,β-unsaturated/α-hetero) is 1. The summed E-state index contributed by atoms with van der Waals surface area (Å²) in [4.78, 5) is 77.7. The maximum absolute atomic E-state index is 13.7. The molecule has 2 fully saturated rings. The molecule has 0 radical (unpaired) electrons. The van der Waals surface area contributed by atoms with Crippen LogP contribution in [0.5, 0.6) is 0 Å². The summed E-state index contributed by atoms with van der Waals surface area (Å²) in [6, 6.07) is 29.0. The number of likely N-dealkylation sites (tertiary alicyclic amines) is 2. The Bertz CT molecular complexity index is 3380. The summed E-state index contributed by atoms with van der Waals surface area (Å²) in [7, 11) is -3.96. The van der Waals surface area contributed by atoms with Crippen LogP contribution in [0.1, 0.15) is 61.9 Å². The van der Waals surface area contributed by atoms with E-state index in [-0.39, 0.29) is 71.9 Å². The Morgan fingerprint density at radius 1 is 0.716 bits per heavy atom. The van der Waals surface area contributed by atoms with E-state index in [1.54, 1.807) is 25.3 Å². The van der Waals surface area contributed by atoms with Crippen molar-refractivity contribution in [2.75, 3.05) is 44.2 Å². The highest BCUT2D eigenvalue weighted by atomic mass is 32.2. The predicted octanol–water partition coefficient (Wildman–Crippen LogP) is 8.78. The molecule has 10 rings (SSSR count). The summed E-state index contributed by atoms with van der Waals surface area (Å²) in [6.07, 6.45) is 8.27. The number of nitrogens with one attached hydrogen (secondary N) is 1. The number of aromatic nitrogens is 7. The van der Waals surface area contributed by atoms with Gasteiger partial charge in [0.25, 0.3) is 10.0 Å². The Morgan fingerprint density at radius 3 is 2.01 bits per heavy atom. The summed E-state index contributed by atoms with van der Waals surface area (Å²) < 4.78 is 46.1. The van der Waals surface area contributed by atoms with Crippen molar-refractivity contribution in [3.8, 4) is 0 Å². The van der Waals surface area contributed by atoms with Crippen LogP contribution in [-0.4, -0.2) is 115 Å². The lowest BCUT2D eigenvalue weighted by molar-refractivity contribution is -0.122. The van der Waals surface area contributed by atoms with Gasteiger partial charge in [-0.1, -0.05) is 105 Å². The minimum absolute atomic E-state index is 0.0324. The van der Waals surface area contributed by atoms with Gasteiger partial charge >= 0.3 is 18.3 Å². The van der Waals surface area contributed by atoms with Crippen molar-refractivity contribution in [3.05, 3.63) is 150 Å². The lowest BCUT2D eigenvalue weighted by Gasteiger charge is -2.23. The number of amides is 3. The van der Waals surface area contributed by atoms with E-state index in [0.29, 0.717) is 38.6 Å². The van der Waals surface area contributed by atoms with Crippen LogP contribution in [0.3, 0.4) is 0 Å². The van der Waals surface area contributed by atoms with Crippen molar-refractivity contribution in [2.24, 2.45) is 17.8 Å². The molecule has 3 amide bonds. The standard InChI is InChI=1S/C32H35N5O7S.C22H23N5O2/c1-4-24-18-35(31(39)44-21-23-9-7-6-8-10-23)19-26(24)28(38)20-36(32(40)43-5-2)29-17-33-30-27(34-29)15-16-37(30)45(41,42)25-13-11-22(3)12-14-25;1-2-16-12-26(22(28)29-14-15-6-4-3-5-7-15)13-17(16)19-10-24-20-11-25-21-18(27(19)20)8-9-23-21/h6-17,24,26H,4-5,18-21H2,1-3H3;3-11,16-17,23H,2,12-14H2,1H3/t24-,26+;16-,17?/m11/s1. The van der Waals surface area contributed by atoms with Gasteiger partial charge in [-0.05, 0) is 61.1 Å². The molecule has 20 heteroatoms. The number of nitrogens with zero attached hydrogens (tertiary/aromatic N) is 9. The number of ketones is 1. The van der Waals surface area contributed by atoms with Gasteiger partial charge in [0.05, 0.1) is 36.0 Å². The van der Waals surface area contributed by atoms with Gasteiger partial charge in [0.2, 0.25) is 0 Å². The van der Waals surface area contributed by atoms with Crippen LogP contribution >= 0.6 is 0 Å². The van der Waals surface area contributed by atoms with Crippen LogP contribution in [0.4, 0.5) is 20.2 Å². The number of aromatic amines is 1. The average molecular weight is 1020 g/mol. The molecule has 0 spiro atoms. The molecule has 2 aliphatic heterocycles. The van der Waals surface area contributed by atoms with Crippen LogP contribution in [0, 0.1) is 24.7 Å². The van der Waals surface area contributed by atoms with Gasteiger partial charge < -0.3 is 29.0 Å². The number of fused-ring (bicyclic) bond motifs is 4. The Kier molecular flexibility index (Phi) is 15.3. The number of hydrogen-bond acceptors (Lipinski definition) is 13. The van der Waals surface area contributed by atoms with Crippen LogP contribution in [0.2, 0.25) is 0 Å². The summed E-state index contributed by atoms with van der Waals surface area (Å²) in [5, 5.41) is 0. The molecule has 19 nitrogen and oxygen atoms in total. The molecule has 2 saturated heterocycles. The first-order chi connectivity index (χ1) is 35.9. The van der Waals surface area contributed by atoms with E-state index in [1.165, 1.54) is 35.5 Å². The molecule has 2 aliphatic rings. The monoisotopic (exact) mass is 1020 g/mol. The van der Waals surface area contributed by atoms with E-state index in [2.05, 4.69) is 36.2 Å². The second-order valence-corrected chi connectivity index (χ2v) is 20.2. The topological polar surface area (TPSA) is 217 Å². The van der Waals surface area contributed by atoms with E-state index < -0.39 is 28.1 Å². The maximum Gasteiger partial charge on any atom is 0.415 e. The van der Waals surface area contributed by atoms with Crippen LogP contribution in [0.25, 0.3) is 28.0 Å². The lowest BCUT2D eigenvalue weighted by Crippen LogP contribution is -2.41. The Balaban J connectivity index is 0.000000199. The molecule has 0 saturated carbocycles. The smallest absolute Gasteiger partial charge is 0.415 e. The van der Waals surface area contributed by atoms with Crippen molar-refractivity contribution in [3.63, 3.8) is 0 Å². The fourth-order valence-corrected chi connectivity index (χ4v) is 11.0. The summed E-state index contributed by atoms with van der Waals surface area (Å²) in [6.45, 7) is 9.59. The minimum atomic E-state index is -3.96. The molecule has 1 N–H and O–H groups in total. The second kappa shape index (κ2) is 22.3. The van der Waals surface area contributed by atoms with Crippen molar-refractivity contribution < 1.29 is 41.8 Å². The van der Waals surface area contributed by atoms with Crippen molar-refractivity contribution >= 4 is 67.9 Å². The van der Waals surface area contributed by atoms with Gasteiger partial charge in [-0.2, -0.15) is 0 Å². The summed E-state index contributed by atoms with van der Waals surface area (Å²) in [5.41, 5.74) is 6.85. The summed E-state index contributed by atoms with van der Waals surface area (Å²) in [5.74, 6) is -0.324. The molecular weight excluding hydrogens is 965 g/mol. The highest BCUT2D eigenvalue weighted by Crippen LogP contribution is 2.36. The number of anilines is 1. The summed E-state index contributed by atoms with van der Waals surface area (Å²) >= 11 is 0. The zero-order chi connectivity index (χ0) is 51.9. The average Bonchev–Trinajstić information content (AvgIpc) is 4.29. The van der Waals surface area contributed by atoms with Crippen molar-refractivity contribution in [2.45, 2.75) is 64.6 Å². The molecule has 4 atom stereocenters.